The summed E-state index contributed by atoms with van der Waals surface area (Å²) in [6, 6.07) is 3.41. The summed E-state index contributed by atoms with van der Waals surface area (Å²) in [7, 11) is 1.78. The maximum atomic E-state index is 10.9. The Morgan fingerprint density at radius 3 is 2.73 bits per heavy atom. The Balaban J connectivity index is 3.02. The Morgan fingerprint density at radius 1 is 1.47 bits per heavy atom. The van der Waals surface area contributed by atoms with Crippen LogP contribution in [0.15, 0.2) is 12.1 Å². The van der Waals surface area contributed by atoms with E-state index in [0.29, 0.717) is 16.1 Å². The Bertz CT molecular complexity index is 557. The van der Waals surface area contributed by atoms with Crippen LogP contribution in [0, 0.1) is 6.92 Å². The van der Waals surface area contributed by atoms with Gasteiger partial charge in [0.2, 0.25) is 0 Å². The van der Waals surface area contributed by atoms with Gasteiger partial charge in [-0.1, -0.05) is 11.6 Å². The number of nitrogens with zero attached hydrogens (tertiary/aromatic N) is 1. The van der Waals surface area contributed by atoms with Gasteiger partial charge in [0.15, 0.2) is 6.29 Å². The molecule has 0 fully saturated rings. The van der Waals surface area contributed by atoms with Crippen LogP contribution in [0.25, 0.3) is 10.9 Å². The van der Waals surface area contributed by atoms with Crippen molar-refractivity contribution in [1.29, 1.82) is 0 Å². The smallest absolute Gasteiger partial charge is 0.166 e. The molecule has 0 saturated heterocycles. The number of halogens is 1. The van der Waals surface area contributed by atoms with Gasteiger partial charge in [0.25, 0.3) is 0 Å². The predicted molar refractivity (Wildman–Crippen MR) is 59.7 cm³/mol. The molecule has 0 bridgehead atoms. The van der Waals surface area contributed by atoms with Crippen molar-refractivity contribution in [2.24, 2.45) is 7.05 Å². The van der Waals surface area contributed by atoms with Crippen molar-refractivity contribution in [2.75, 3.05) is 0 Å². The second kappa shape index (κ2) is 3.28. The number of phenolic OH excluding ortho intramolecular Hbond substituents is 1. The number of aryl methyl sites for hydroxylation is 2. The largest absolute Gasteiger partial charge is 0.506 e. The summed E-state index contributed by atoms with van der Waals surface area (Å²) < 4.78 is 1.74. The second-order valence-corrected chi connectivity index (χ2v) is 3.88. The van der Waals surface area contributed by atoms with Crippen molar-refractivity contribution in [1.82, 2.24) is 4.57 Å². The molecule has 1 aromatic heterocycles. The van der Waals surface area contributed by atoms with Crippen molar-refractivity contribution in [3.05, 3.63) is 28.4 Å². The molecule has 1 aromatic carbocycles. The summed E-state index contributed by atoms with van der Waals surface area (Å²) in [4.78, 5) is 10.9. The summed E-state index contributed by atoms with van der Waals surface area (Å²) in [6.07, 6.45) is 0.780. The topological polar surface area (TPSA) is 42.2 Å². The van der Waals surface area contributed by atoms with E-state index in [9.17, 15) is 9.90 Å². The molecule has 0 aliphatic carbocycles. The van der Waals surface area contributed by atoms with E-state index in [1.54, 1.807) is 30.7 Å². The quantitative estimate of drug-likeness (QED) is 0.756. The van der Waals surface area contributed by atoms with E-state index in [1.165, 1.54) is 0 Å². The molecular formula is C11H10ClNO2. The second-order valence-electron chi connectivity index (χ2n) is 3.48. The number of rotatable bonds is 1. The Hall–Kier alpha value is -1.48. The number of fused-ring (bicyclic) bond motifs is 1. The molecule has 0 amide bonds. The standard InChI is InChI=1S/C11H10ClNO2/c1-6-9(5-14)13(2)8-4-3-7(12)11(15)10(6)8/h3-5,15H,1-2H3. The minimum absolute atomic E-state index is 0.0374. The lowest BCUT2D eigenvalue weighted by atomic mass is 10.1. The molecule has 1 heterocycles. The number of phenols is 1. The van der Waals surface area contributed by atoms with E-state index in [2.05, 4.69) is 0 Å². The molecule has 1 N–H and O–H groups in total. The zero-order chi connectivity index (χ0) is 11.2. The highest BCUT2D eigenvalue weighted by molar-refractivity contribution is 6.33. The molecule has 3 nitrogen and oxygen atoms in total. The van der Waals surface area contributed by atoms with Crippen LogP contribution in [0.3, 0.4) is 0 Å². The Kier molecular flexibility index (Phi) is 2.20. The van der Waals surface area contributed by atoms with Crippen LogP contribution in [-0.2, 0) is 7.05 Å². The average molecular weight is 224 g/mol. The van der Waals surface area contributed by atoms with Gasteiger partial charge in [-0.05, 0) is 24.6 Å². The first-order chi connectivity index (χ1) is 7.07. The van der Waals surface area contributed by atoms with E-state index < -0.39 is 0 Å². The number of carbonyl (C=O) groups is 1. The molecular weight excluding hydrogens is 214 g/mol. The average Bonchev–Trinajstić information content (AvgIpc) is 2.45. The highest BCUT2D eigenvalue weighted by Gasteiger charge is 2.15. The SMILES string of the molecule is Cc1c(C=O)n(C)c2ccc(Cl)c(O)c12. The molecule has 0 aliphatic heterocycles. The highest BCUT2D eigenvalue weighted by atomic mass is 35.5. The summed E-state index contributed by atoms with van der Waals surface area (Å²) in [5.41, 5.74) is 2.11. The van der Waals surface area contributed by atoms with Crippen molar-refractivity contribution in [3.63, 3.8) is 0 Å². The fourth-order valence-electron chi connectivity index (χ4n) is 1.88. The fourth-order valence-corrected chi connectivity index (χ4v) is 2.04. The van der Waals surface area contributed by atoms with Gasteiger partial charge in [0.1, 0.15) is 5.75 Å². The van der Waals surface area contributed by atoms with Gasteiger partial charge in [-0.25, -0.2) is 0 Å². The lowest BCUT2D eigenvalue weighted by Crippen LogP contribution is -1.94. The van der Waals surface area contributed by atoms with Crippen molar-refractivity contribution in [3.8, 4) is 5.75 Å². The van der Waals surface area contributed by atoms with Gasteiger partial charge in [0.05, 0.1) is 16.2 Å². The molecule has 4 heteroatoms. The van der Waals surface area contributed by atoms with Crippen LogP contribution in [-0.4, -0.2) is 16.0 Å². The molecule has 0 unspecified atom stereocenters. The number of aromatic hydroxyl groups is 1. The molecule has 15 heavy (non-hydrogen) atoms. The molecule has 0 aliphatic rings. The number of carbonyl (C=O) groups excluding carboxylic acids is 1. The molecule has 0 saturated carbocycles. The lowest BCUT2D eigenvalue weighted by Gasteiger charge is -2.00. The van der Waals surface area contributed by atoms with Gasteiger partial charge in [-0.2, -0.15) is 0 Å². The normalized spacial score (nSPS) is 10.9. The van der Waals surface area contributed by atoms with Gasteiger partial charge in [-0.3, -0.25) is 4.79 Å². The summed E-state index contributed by atoms with van der Waals surface area (Å²) in [5, 5.41) is 10.8. The minimum Gasteiger partial charge on any atom is -0.506 e. The number of aldehydes is 1. The van der Waals surface area contributed by atoms with Gasteiger partial charge >= 0.3 is 0 Å². The van der Waals surface area contributed by atoms with Crippen LogP contribution in [0.4, 0.5) is 0 Å². The maximum Gasteiger partial charge on any atom is 0.166 e. The molecule has 0 radical (unpaired) electrons. The number of hydrogen-bond acceptors (Lipinski definition) is 2. The third-order valence-corrected chi connectivity index (χ3v) is 3.01. The van der Waals surface area contributed by atoms with E-state index in [1.807, 2.05) is 0 Å². The van der Waals surface area contributed by atoms with Crippen molar-refractivity contribution < 1.29 is 9.90 Å². The molecule has 0 spiro atoms. The maximum absolute atomic E-state index is 10.9. The van der Waals surface area contributed by atoms with Crippen LogP contribution in [0.2, 0.25) is 5.02 Å². The zero-order valence-electron chi connectivity index (χ0n) is 8.41. The van der Waals surface area contributed by atoms with Crippen LogP contribution in [0.1, 0.15) is 16.1 Å². The number of hydrogen-bond donors (Lipinski definition) is 1. The third-order valence-electron chi connectivity index (χ3n) is 2.70. The minimum atomic E-state index is 0.0374. The lowest BCUT2D eigenvalue weighted by molar-refractivity contribution is 0.111. The van der Waals surface area contributed by atoms with E-state index in [-0.39, 0.29) is 5.75 Å². The molecule has 2 aromatic rings. The Labute approximate surface area is 91.9 Å². The fraction of sp³-hybridized carbons (Fsp3) is 0.182. The first kappa shape index (κ1) is 10.1. The summed E-state index contributed by atoms with van der Waals surface area (Å²) >= 11 is 5.82. The van der Waals surface area contributed by atoms with Gasteiger partial charge in [0, 0.05) is 12.4 Å². The van der Waals surface area contributed by atoms with Gasteiger partial charge in [-0.15, -0.1) is 0 Å². The first-order valence-electron chi connectivity index (χ1n) is 4.49. The summed E-state index contributed by atoms with van der Waals surface area (Å²) in [6.45, 7) is 1.79. The van der Waals surface area contributed by atoms with Crippen molar-refractivity contribution >= 4 is 28.8 Å². The summed E-state index contributed by atoms with van der Waals surface area (Å²) in [5.74, 6) is 0.0374. The third kappa shape index (κ3) is 1.23. The molecule has 0 atom stereocenters. The Morgan fingerprint density at radius 2 is 2.13 bits per heavy atom. The van der Waals surface area contributed by atoms with E-state index in [4.69, 9.17) is 11.6 Å². The number of benzene rings is 1. The van der Waals surface area contributed by atoms with Crippen molar-refractivity contribution in [2.45, 2.75) is 6.92 Å². The highest BCUT2D eigenvalue weighted by Crippen LogP contribution is 2.36. The zero-order valence-corrected chi connectivity index (χ0v) is 9.17. The van der Waals surface area contributed by atoms with E-state index in [0.717, 1.165) is 17.4 Å². The first-order valence-corrected chi connectivity index (χ1v) is 4.87. The molecule has 78 valence electrons. The van der Waals surface area contributed by atoms with Crippen LogP contribution >= 0.6 is 11.6 Å². The van der Waals surface area contributed by atoms with Crippen LogP contribution in [0.5, 0.6) is 5.75 Å². The van der Waals surface area contributed by atoms with Crippen LogP contribution < -0.4 is 0 Å². The predicted octanol–water partition coefficient (Wildman–Crippen LogP) is 2.66. The van der Waals surface area contributed by atoms with E-state index >= 15 is 0 Å². The molecule has 2 rings (SSSR count). The van der Waals surface area contributed by atoms with Gasteiger partial charge < -0.3 is 9.67 Å². The number of aromatic nitrogens is 1. The monoisotopic (exact) mass is 223 g/mol.